The van der Waals surface area contributed by atoms with Crippen molar-refractivity contribution in [3.05, 3.63) is 42.2 Å². The number of amides is 1. The van der Waals surface area contributed by atoms with Crippen molar-refractivity contribution in [1.82, 2.24) is 19.9 Å². The van der Waals surface area contributed by atoms with Crippen LogP contribution in [0.1, 0.15) is 56.3 Å². The molecule has 1 N–H and O–H groups in total. The Bertz CT molecular complexity index is 1390. The van der Waals surface area contributed by atoms with Crippen LogP contribution >= 0.6 is 0 Å². The van der Waals surface area contributed by atoms with Gasteiger partial charge in [0.2, 0.25) is 5.91 Å². The molecule has 0 spiro atoms. The number of nitrogens with zero attached hydrogens (tertiary/aromatic N) is 4. The third-order valence-electron chi connectivity index (χ3n) is 8.51. The number of ether oxygens (including phenoxy) is 1. The molecule has 1 atom stereocenters. The summed E-state index contributed by atoms with van der Waals surface area (Å²) in [7, 11) is -1.21. The van der Waals surface area contributed by atoms with Crippen LogP contribution < -0.4 is 10.2 Å². The van der Waals surface area contributed by atoms with Gasteiger partial charge in [-0.1, -0.05) is 58.0 Å². The number of piperazine rings is 1. The highest BCUT2D eigenvalue weighted by Gasteiger charge is 2.37. The number of hydrogen-bond acceptors (Lipinski definition) is 6. The topological polar surface area (TPSA) is 89.4 Å². The monoisotopic (exact) mass is 561 g/mol. The number of Topliss-reactive ketones (excluding diaryl/α,β-unsaturated/α-hetero) is 1. The Kier molecular flexibility index (Phi) is 8.15. The molecule has 0 radical (unpaired) electrons. The lowest BCUT2D eigenvalue weighted by atomic mass is 9.71. The quantitative estimate of drug-likeness (QED) is 0.199. The first-order valence-electron chi connectivity index (χ1n) is 14.7. The van der Waals surface area contributed by atoms with E-state index in [9.17, 15) is 9.59 Å². The molecule has 214 valence electrons. The van der Waals surface area contributed by atoms with Gasteiger partial charge < -0.3 is 19.5 Å². The van der Waals surface area contributed by atoms with E-state index in [1.54, 1.807) is 6.20 Å². The molecule has 3 heterocycles. The molecule has 1 amide bonds. The summed E-state index contributed by atoms with van der Waals surface area (Å²) in [6, 6.07) is 8.92. The van der Waals surface area contributed by atoms with Crippen molar-refractivity contribution in [3.8, 4) is 11.3 Å². The zero-order valence-electron chi connectivity index (χ0n) is 24.6. The first-order valence-corrected chi connectivity index (χ1v) is 18.4. The fourth-order valence-electron chi connectivity index (χ4n) is 5.86. The Hall–Kier alpha value is -3.04. The molecule has 1 aliphatic heterocycles. The number of nitrogens with one attached hydrogen (secondary N) is 1. The van der Waals surface area contributed by atoms with Gasteiger partial charge in [0.1, 0.15) is 18.3 Å². The van der Waals surface area contributed by atoms with E-state index in [0.717, 1.165) is 49.5 Å². The molecule has 9 heteroatoms. The summed E-state index contributed by atoms with van der Waals surface area (Å²) >= 11 is 0. The minimum absolute atomic E-state index is 0.0330. The average Bonchev–Trinajstić information content (AvgIpc) is 3.30. The summed E-state index contributed by atoms with van der Waals surface area (Å²) in [4.78, 5) is 38.3. The highest BCUT2D eigenvalue weighted by atomic mass is 28.3. The predicted octanol–water partition coefficient (Wildman–Crippen LogP) is 5.89. The van der Waals surface area contributed by atoms with Crippen molar-refractivity contribution in [2.75, 3.05) is 24.6 Å². The van der Waals surface area contributed by atoms with Crippen molar-refractivity contribution >= 4 is 36.6 Å². The molecule has 1 unspecified atom stereocenters. The highest BCUT2D eigenvalue weighted by molar-refractivity contribution is 6.76. The Balaban J connectivity index is 1.50. The molecule has 0 bridgehead atoms. The van der Waals surface area contributed by atoms with Crippen LogP contribution in [0.2, 0.25) is 25.7 Å². The Morgan fingerprint density at radius 1 is 1.20 bits per heavy atom. The van der Waals surface area contributed by atoms with Gasteiger partial charge in [-0.05, 0) is 37.9 Å². The molecule has 2 aliphatic rings. The van der Waals surface area contributed by atoms with E-state index < -0.39 is 8.07 Å². The summed E-state index contributed by atoms with van der Waals surface area (Å²) in [6.45, 7) is 13.5. The first kappa shape index (κ1) is 28.5. The molecule has 1 saturated heterocycles. The van der Waals surface area contributed by atoms with E-state index in [0.29, 0.717) is 42.3 Å². The largest absolute Gasteiger partial charge is 0.361 e. The van der Waals surface area contributed by atoms with E-state index >= 15 is 0 Å². The number of ketones is 1. The van der Waals surface area contributed by atoms with Crippen LogP contribution in [0.15, 0.2) is 36.7 Å². The third-order valence-corrected chi connectivity index (χ3v) is 10.2. The van der Waals surface area contributed by atoms with Gasteiger partial charge in [-0.3, -0.25) is 9.59 Å². The minimum atomic E-state index is -1.21. The number of rotatable bonds is 9. The average molecular weight is 562 g/mol. The van der Waals surface area contributed by atoms with E-state index in [4.69, 9.17) is 14.7 Å². The standard InChI is InChI=1S/C31H43N5O3Si/c1-22-30(38)32-14-15-36(22)24-11-9-10-23(18-24)26-19-33-29-27(34-26)25(28(37)31(2)12-7-6-8-13-31)20-35(29)21-39-16-17-40(3,4)5/h9-11,18-20,22H,6-8,12-17,21H2,1-5H3,(H,32,38). The first-order chi connectivity index (χ1) is 19.1. The van der Waals surface area contributed by atoms with Crippen LogP contribution in [-0.2, 0) is 16.3 Å². The number of carbonyl (C=O) groups excluding carboxylic acids is 2. The maximum atomic E-state index is 14.0. The van der Waals surface area contributed by atoms with Crippen molar-refractivity contribution < 1.29 is 14.3 Å². The highest BCUT2D eigenvalue weighted by Crippen LogP contribution is 2.40. The molecule has 8 nitrogen and oxygen atoms in total. The summed E-state index contributed by atoms with van der Waals surface area (Å²) in [5, 5.41) is 2.93. The third kappa shape index (κ3) is 6.00. The molecule has 3 aromatic rings. The van der Waals surface area contributed by atoms with E-state index in [1.807, 2.05) is 35.9 Å². The van der Waals surface area contributed by atoms with Gasteiger partial charge in [-0.15, -0.1) is 0 Å². The summed E-state index contributed by atoms with van der Waals surface area (Å²) in [6.07, 6.45) is 8.85. The number of aromatic nitrogens is 3. The van der Waals surface area contributed by atoms with Gasteiger partial charge in [0.25, 0.3) is 0 Å². The van der Waals surface area contributed by atoms with Gasteiger partial charge in [0.05, 0.1) is 17.5 Å². The van der Waals surface area contributed by atoms with Crippen LogP contribution in [0.4, 0.5) is 5.69 Å². The minimum Gasteiger partial charge on any atom is -0.361 e. The van der Waals surface area contributed by atoms with Crippen molar-refractivity contribution in [2.45, 2.75) is 84.4 Å². The Labute approximate surface area is 238 Å². The van der Waals surface area contributed by atoms with Gasteiger partial charge >= 0.3 is 0 Å². The molecule has 2 fully saturated rings. The van der Waals surface area contributed by atoms with Crippen LogP contribution in [0, 0.1) is 5.41 Å². The molecule has 40 heavy (non-hydrogen) atoms. The second-order valence-electron chi connectivity index (χ2n) is 12.9. The lowest BCUT2D eigenvalue weighted by Gasteiger charge is -2.34. The van der Waals surface area contributed by atoms with Gasteiger partial charge in [-0.2, -0.15) is 0 Å². The molecule has 5 rings (SSSR count). The zero-order chi connectivity index (χ0) is 28.5. The summed E-state index contributed by atoms with van der Waals surface area (Å²) in [5.74, 6) is 0.192. The van der Waals surface area contributed by atoms with E-state index in [1.165, 1.54) is 6.42 Å². The smallest absolute Gasteiger partial charge is 0.242 e. The lowest BCUT2D eigenvalue weighted by molar-refractivity contribution is -0.122. The maximum absolute atomic E-state index is 14.0. The van der Waals surface area contributed by atoms with Crippen LogP contribution in [0.5, 0.6) is 0 Å². The normalized spacial score (nSPS) is 19.6. The summed E-state index contributed by atoms with van der Waals surface area (Å²) < 4.78 is 8.01. The fourth-order valence-corrected chi connectivity index (χ4v) is 6.62. The number of carbonyl (C=O) groups is 2. The fraction of sp³-hybridized carbons (Fsp3) is 0.548. The van der Waals surface area contributed by atoms with Crippen LogP contribution in [0.3, 0.4) is 0 Å². The second kappa shape index (κ2) is 11.4. The van der Waals surface area contributed by atoms with Crippen molar-refractivity contribution in [2.24, 2.45) is 5.41 Å². The van der Waals surface area contributed by atoms with E-state index in [-0.39, 0.29) is 23.1 Å². The molecule has 1 aliphatic carbocycles. The van der Waals surface area contributed by atoms with Crippen molar-refractivity contribution in [1.29, 1.82) is 0 Å². The lowest BCUT2D eigenvalue weighted by Crippen LogP contribution is -2.54. The second-order valence-corrected chi connectivity index (χ2v) is 18.6. The maximum Gasteiger partial charge on any atom is 0.242 e. The molecule has 1 aromatic carbocycles. The number of benzene rings is 1. The van der Waals surface area contributed by atoms with Crippen LogP contribution in [0.25, 0.3) is 22.4 Å². The van der Waals surface area contributed by atoms with Crippen molar-refractivity contribution in [3.63, 3.8) is 0 Å². The molecule has 1 saturated carbocycles. The van der Waals surface area contributed by atoms with Crippen LogP contribution in [-0.4, -0.2) is 60.0 Å². The number of anilines is 1. The Morgan fingerprint density at radius 3 is 2.73 bits per heavy atom. The van der Waals surface area contributed by atoms with Gasteiger partial charge in [0, 0.05) is 50.6 Å². The van der Waals surface area contributed by atoms with Gasteiger partial charge in [-0.25, -0.2) is 9.97 Å². The number of fused-ring (bicyclic) bond motifs is 1. The number of hydrogen-bond donors (Lipinski definition) is 1. The van der Waals surface area contributed by atoms with E-state index in [2.05, 4.69) is 42.8 Å². The molecular formula is C31H43N5O3Si. The Morgan fingerprint density at radius 2 is 1.98 bits per heavy atom. The molecule has 2 aromatic heterocycles. The zero-order valence-corrected chi connectivity index (χ0v) is 25.6. The van der Waals surface area contributed by atoms with Gasteiger partial charge in [0.15, 0.2) is 11.4 Å². The SMILES string of the molecule is CC1C(=O)NCCN1c1cccc(-c2cnc3c(n2)c(C(=O)C2(C)CCCCC2)cn3COCC[Si](C)(C)C)c1. The predicted molar refractivity (Wildman–Crippen MR) is 162 cm³/mol. The molecular weight excluding hydrogens is 518 g/mol. The summed E-state index contributed by atoms with van der Waals surface area (Å²) in [5.41, 5.74) is 4.17.